The van der Waals surface area contributed by atoms with Crippen LogP contribution in [0.5, 0.6) is 5.75 Å². The number of nitrogen functional groups attached to an aromatic ring is 1. The number of rotatable bonds is 5. The molecule has 1 aromatic carbocycles. The first-order valence-corrected chi connectivity index (χ1v) is 8.33. The highest BCUT2D eigenvalue weighted by Crippen LogP contribution is 2.34. The molecule has 0 unspecified atom stereocenters. The molecule has 0 aliphatic carbocycles. The normalized spacial score (nSPS) is 15.4. The number of nitrogens with two attached hydrogens (primary N) is 1. The highest BCUT2D eigenvalue weighted by Gasteiger charge is 2.27. The van der Waals surface area contributed by atoms with Gasteiger partial charge >= 0.3 is 0 Å². The Bertz CT molecular complexity index is 626. The zero-order valence-corrected chi connectivity index (χ0v) is 13.4. The van der Waals surface area contributed by atoms with Crippen LogP contribution in [0.25, 0.3) is 0 Å². The maximum atomic E-state index is 12.5. The average molecular weight is 314 g/mol. The van der Waals surface area contributed by atoms with E-state index in [4.69, 9.17) is 15.2 Å². The number of hydrogen-bond acceptors (Lipinski definition) is 5. The van der Waals surface area contributed by atoms with Gasteiger partial charge in [0.1, 0.15) is 10.6 Å². The van der Waals surface area contributed by atoms with Crippen molar-refractivity contribution in [3.8, 4) is 5.75 Å². The maximum absolute atomic E-state index is 12.5. The van der Waals surface area contributed by atoms with Gasteiger partial charge in [-0.2, -0.15) is 0 Å². The summed E-state index contributed by atoms with van der Waals surface area (Å²) in [6.45, 7) is 4.29. The van der Waals surface area contributed by atoms with E-state index >= 15 is 0 Å². The first-order chi connectivity index (χ1) is 9.75. The highest BCUT2D eigenvalue weighted by atomic mass is 32.2. The van der Waals surface area contributed by atoms with Gasteiger partial charge in [0.15, 0.2) is 0 Å². The van der Waals surface area contributed by atoms with Crippen molar-refractivity contribution in [3.63, 3.8) is 0 Å². The molecule has 0 spiro atoms. The molecule has 3 N–H and O–H groups in total. The van der Waals surface area contributed by atoms with Crippen LogP contribution in [0.1, 0.15) is 25.8 Å². The van der Waals surface area contributed by atoms with Crippen molar-refractivity contribution >= 4 is 15.7 Å². The summed E-state index contributed by atoms with van der Waals surface area (Å²) in [5, 5.41) is 0. The summed E-state index contributed by atoms with van der Waals surface area (Å²) in [5.74, 6) is 0.415. The summed E-state index contributed by atoms with van der Waals surface area (Å²) in [6, 6.07) is 3.21. The number of nitrogens with one attached hydrogen (secondary N) is 1. The summed E-state index contributed by atoms with van der Waals surface area (Å²) in [4.78, 5) is 0.101. The zero-order chi connectivity index (χ0) is 15.7. The largest absolute Gasteiger partial charge is 0.492 e. The van der Waals surface area contributed by atoms with Crippen LogP contribution in [-0.2, 0) is 21.2 Å². The maximum Gasteiger partial charge on any atom is 0.244 e. The number of benzene rings is 1. The van der Waals surface area contributed by atoms with Crippen molar-refractivity contribution in [1.82, 2.24) is 4.72 Å². The van der Waals surface area contributed by atoms with E-state index in [1.807, 2.05) is 0 Å². The zero-order valence-electron chi connectivity index (χ0n) is 12.6. The minimum Gasteiger partial charge on any atom is -0.492 e. The molecule has 0 saturated heterocycles. The van der Waals surface area contributed by atoms with Crippen LogP contribution in [0.2, 0.25) is 0 Å². The van der Waals surface area contributed by atoms with Crippen LogP contribution >= 0.6 is 0 Å². The molecule has 1 heterocycles. The van der Waals surface area contributed by atoms with Gasteiger partial charge in [0.05, 0.1) is 12.2 Å². The van der Waals surface area contributed by atoms with Crippen LogP contribution in [0.4, 0.5) is 5.69 Å². The van der Waals surface area contributed by atoms with Gasteiger partial charge in [0.25, 0.3) is 0 Å². The summed E-state index contributed by atoms with van der Waals surface area (Å²) in [5.41, 5.74) is 6.49. The van der Waals surface area contributed by atoms with Crippen LogP contribution in [0.15, 0.2) is 17.0 Å². The summed E-state index contributed by atoms with van der Waals surface area (Å²) in [6.07, 6.45) is 1.63. The Morgan fingerprint density at radius 2 is 2.14 bits per heavy atom. The minimum absolute atomic E-state index is 0.101. The number of sulfonamides is 1. The smallest absolute Gasteiger partial charge is 0.244 e. The van der Waals surface area contributed by atoms with E-state index in [1.54, 1.807) is 27.0 Å². The molecule has 7 heteroatoms. The second-order valence-corrected chi connectivity index (χ2v) is 7.48. The van der Waals surface area contributed by atoms with Crippen molar-refractivity contribution < 1.29 is 17.9 Å². The molecule has 6 nitrogen and oxygen atoms in total. The van der Waals surface area contributed by atoms with Gasteiger partial charge in [0, 0.05) is 19.3 Å². The van der Waals surface area contributed by atoms with E-state index in [0.717, 1.165) is 18.4 Å². The lowest BCUT2D eigenvalue weighted by atomic mass is 10.1. The summed E-state index contributed by atoms with van der Waals surface area (Å²) >= 11 is 0. The molecule has 1 aromatic rings. The Hall–Kier alpha value is -1.31. The number of fused-ring (bicyclic) bond motifs is 1. The van der Waals surface area contributed by atoms with Crippen LogP contribution in [0.3, 0.4) is 0 Å². The van der Waals surface area contributed by atoms with Crippen molar-refractivity contribution in [2.45, 2.75) is 37.2 Å². The van der Waals surface area contributed by atoms with Crippen LogP contribution in [-0.4, -0.2) is 34.3 Å². The number of methoxy groups -OCH3 is 1. The second kappa shape index (κ2) is 5.82. The van der Waals surface area contributed by atoms with Gasteiger partial charge in [-0.25, -0.2) is 13.1 Å². The van der Waals surface area contributed by atoms with Gasteiger partial charge < -0.3 is 15.2 Å². The fourth-order valence-corrected chi connectivity index (χ4v) is 3.51. The molecular formula is C14H22N2O4S. The lowest BCUT2D eigenvalue weighted by Gasteiger charge is -2.25. The third-order valence-corrected chi connectivity index (χ3v) is 4.93. The fourth-order valence-electron chi connectivity index (χ4n) is 2.09. The van der Waals surface area contributed by atoms with Gasteiger partial charge in [-0.05, 0) is 44.4 Å². The summed E-state index contributed by atoms with van der Waals surface area (Å²) < 4.78 is 38.4. The average Bonchev–Trinajstić information content (AvgIpc) is 2.44. The Labute approximate surface area is 125 Å². The van der Waals surface area contributed by atoms with Crippen molar-refractivity contribution in [2.24, 2.45) is 0 Å². The van der Waals surface area contributed by atoms with E-state index in [9.17, 15) is 8.42 Å². The third-order valence-electron chi connectivity index (χ3n) is 3.52. The van der Waals surface area contributed by atoms with Crippen molar-refractivity contribution in [1.29, 1.82) is 0 Å². The summed E-state index contributed by atoms with van der Waals surface area (Å²) in [7, 11) is -2.16. The number of ether oxygens (including phenoxy) is 2. The first kappa shape index (κ1) is 16.1. The fraction of sp³-hybridized carbons (Fsp3) is 0.571. The van der Waals surface area contributed by atoms with Gasteiger partial charge in [-0.1, -0.05) is 0 Å². The molecule has 0 amide bonds. The van der Waals surface area contributed by atoms with E-state index in [-0.39, 0.29) is 11.4 Å². The van der Waals surface area contributed by atoms with Gasteiger partial charge in [0.2, 0.25) is 10.0 Å². The van der Waals surface area contributed by atoms with E-state index in [1.165, 1.54) is 6.07 Å². The minimum atomic E-state index is -3.70. The first-order valence-electron chi connectivity index (χ1n) is 6.85. The Morgan fingerprint density at radius 3 is 2.81 bits per heavy atom. The lowest BCUT2D eigenvalue weighted by Crippen LogP contribution is -2.39. The van der Waals surface area contributed by atoms with E-state index in [0.29, 0.717) is 18.0 Å². The quantitative estimate of drug-likeness (QED) is 0.799. The molecule has 0 saturated carbocycles. The number of hydrogen-bond donors (Lipinski definition) is 2. The molecule has 0 radical (unpaired) electrons. The molecule has 0 atom stereocenters. The molecular weight excluding hydrogens is 292 g/mol. The molecule has 118 valence electrons. The molecule has 21 heavy (non-hydrogen) atoms. The monoisotopic (exact) mass is 314 g/mol. The molecule has 0 bridgehead atoms. The van der Waals surface area contributed by atoms with E-state index < -0.39 is 15.6 Å². The van der Waals surface area contributed by atoms with Crippen molar-refractivity contribution in [3.05, 3.63) is 17.7 Å². The SMILES string of the molecule is COC(C)(C)CNS(=O)(=O)c1cc(N)cc2c1OCCC2. The van der Waals surface area contributed by atoms with Crippen LogP contribution < -0.4 is 15.2 Å². The highest BCUT2D eigenvalue weighted by molar-refractivity contribution is 7.89. The predicted molar refractivity (Wildman–Crippen MR) is 80.9 cm³/mol. The Kier molecular flexibility index (Phi) is 4.46. The van der Waals surface area contributed by atoms with Crippen molar-refractivity contribution in [2.75, 3.05) is 26.0 Å². The van der Waals surface area contributed by atoms with Gasteiger partial charge in [-0.3, -0.25) is 0 Å². The predicted octanol–water partition coefficient (Wildman–Crippen LogP) is 1.30. The molecule has 0 aromatic heterocycles. The standard InChI is InChI=1S/C14H22N2O4S/c1-14(2,19-3)9-16-21(17,18)12-8-11(15)7-10-5-4-6-20-13(10)12/h7-8,16H,4-6,9,15H2,1-3H3. The van der Waals surface area contributed by atoms with Crippen LogP contribution in [0, 0.1) is 0 Å². The molecule has 2 rings (SSSR count). The second-order valence-electron chi connectivity index (χ2n) is 5.75. The molecule has 1 aliphatic rings. The lowest BCUT2D eigenvalue weighted by molar-refractivity contribution is 0.0276. The molecule has 0 fully saturated rings. The van der Waals surface area contributed by atoms with E-state index in [2.05, 4.69) is 4.72 Å². The Balaban J connectivity index is 2.34. The topological polar surface area (TPSA) is 90.7 Å². The molecule has 1 aliphatic heterocycles. The van der Waals surface area contributed by atoms with Gasteiger partial charge in [-0.15, -0.1) is 0 Å². The number of aryl methyl sites for hydroxylation is 1. The Morgan fingerprint density at radius 1 is 1.43 bits per heavy atom. The number of anilines is 1. The third kappa shape index (κ3) is 3.66.